The zero-order valence-corrected chi connectivity index (χ0v) is 16.1. The Kier molecular flexibility index (Phi) is 5.56. The van der Waals surface area contributed by atoms with Gasteiger partial charge in [0, 0.05) is 0 Å². The van der Waals surface area contributed by atoms with E-state index >= 15 is 0 Å². The standard InChI is InChI=1S/C21H24N2O5/c1-14-5-4-6-18(11-14)28-13-16(24)12-23-19(25)21(2,22-20(23)26)15-7-9-17(27-3)10-8-15/h4-11,16,24H,12-13H2,1-3H3,(H,22,26)/t16-,21-/m0/s1. The second kappa shape index (κ2) is 7.90. The van der Waals surface area contributed by atoms with Crippen LogP contribution in [-0.4, -0.2) is 48.3 Å². The average molecular weight is 384 g/mol. The summed E-state index contributed by atoms with van der Waals surface area (Å²) in [5, 5.41) is 13.0. The number of β-amino-alcohol motifs (C(OH)–C–C–N with tert-alkyl or cyclic N) is 1. The summed E-state index contributed by atoms with van der Waals surface area (Å²) in [6.45, 7) is 3.41. The van der Waals surface area contributed by atoms with Crippen LogP contribution in [0, 0.1) is 6.92 Å². The van der Waals surface area contributed by atoms with Crippen LogP contribution in [0.4, 0.5) is 4.79 Å². The molecule has 2 N–H and O–H groups in total. The highest BCUT2D eigenvalue weighted by molar-refractivity contribution is 6.07. The summed E-state index contributed by atoms with van der Waals surface area (Å²) in [4.78, 5) is 26.3. The molecular formula is C21H24N2O5. The maximum absolute atomic E-state index is 12.9. The number of nitrogens with one attached hydrogen (secondary N) is 1. The molecule has 2 aromatic rings. The van der Waals surface area contributed by atoms with E-state index in [0.29, 0.717) is 17.1 Å². The van der Waals surface area contributed by atoms with Gasteiger partial charge in [-0.1, -0.05) is 24.3 Å². The minimum absolute atomic E-state index is 0.0280. The molecule has 0 aromatic heterocycles. The minimum Gasteiger partial charge on any atom is -0.497 e. The van der Waals surface area contributed by atoms with E-state index in [-0.39, 0.29) is 13.2 Å². The molecule has 148 valence electrons. The van der Waals surface area contributed by atoms with Crippen molar-refractivity contribution in [1.29, 1.82) is 0 Å². The van der Waals surface area contributed by atoms with Gasteiger partial charge in [0.25, 0.3) is 5.91 Å². The zero-order valence-electron chi connectivity index (χ0n) is 16.1. The van der Waals surface area contributed by atoms with Gasteiger partial charge in [0.15, 0.2) is 0 Å². The Balaban J connectivity index is 1.65. The molecular weight excluding hydrogens is 360 g/mol. The number of nitrogens with zero attached hydrogens (tertiary/aromatic N) is 1. The second-order valence-corrected chi connectivity index (χ2v) is 6.98. The molecule has 1 heterocycles. The van der Waals surface area contributed by atoms with Crippen LogP contribution in [0.2, 0.25) is 0 Å². The monoisotopic (exact) mass is 384 g/mol. The highest BCUT2D eigenvalue weighted by Gasteiger charge is 2.49. The number of methoxy groups -OCH3 is 1. The van der Waals surface area contributed by atoms with Crippen LogP contribution in [0.25, 0.3) is 0 Å². The maximum atomic E-state index is 12.9. The Hall–Kier alpha value is -3.06. The van der Waals surface area contributed by atoms with Crippen LogP contribution in [0.1, 0.15) is 18.1 Å². The fourth-order valence-corrected chi connectivity index (χ4v) is 3.14. The molecule has 0 spiro atoms. The maximum Gasteiger partial charge on any atom is 0.325 e. The summed E-state index contributed by atoms with van der Waals surface area (Å²) < 4.78 is 10.7. The van der Waals surface area contributed by atoms with Crippen molar-refractivity contribution in [2.45, 2.75) is 25.5 Å². The first-order valence-electron chi connectivity index (χ1n) is 8.99. The van der Waals surface area contributed by atoms with Gasteiger partial charge in [0.05, 0.1) is 13.7 Å². The van der Waals surface area contributed by atoms with E-state index in [1.165, 1.54) is 0 Å². The molecule has 1 aliphatic rings. The van der Waals surface area contributed by atoms with Gasteiger partial charge in [-0.15, -0.1) is 0 Å². The van der Waals surface area contributed by atoms with E-state index in [2.05, 4.69) is 5.32 Å². The van der Waals surface area contributed by atoms with E-state index < -0.39 is 23.6 Å². The minimum atomic E-state index is -1.19. The molecule has 1 fully saturated rings. The third-order valence-corrected chi connectivity index (χ3v) is 4.77. The predicted molar refractivity (Wildman–Crippen MR) is 103 cm³/mol. The van der Waals surface area contributed by atoms with E-state index in [9.17, 15) is 14.7 Å². The first-order valence-corrected chi connectivity index (χ1v) is 8.99. The van der Waals surface area contributed by atoms with Crippen LogP contribution in [0.3, 0.4) is 0 Å². The van der Waals surface area contributed by atoms with Gasteiger partial charge in [-0.25, -0.2) is 4.79 Å². The van der Waals surface area contributed by atoms with Crippen LogP contribution in [-0.2, 0) is 10.3 Å². The number of hydrogen-bond acceptors (Lipinski definition) is 5. The highest BCUT2D eigenvalue weighted by atomic mass is 16.5. The lowest BCUT2D eigenvalue weighted by Crippen LogP contribution is -2.42. The highest BCUT2D eigenvalue weighted by Crippen LogP contribution is 2.30. The van der Waals surface area contributed by atoms with Gasteiger partial charge < -0.3 is 19.9 Å². The van der Waals surface area contributed by atoms with E-state index in [1.54, 1.807) is 44.4 Å². The number of carbonyl (C=O) groups is 2. The van der Waals surface area contributed by atoms with E-state index in [1.807, 2.05) is 25.1 Å². The summed E-state index contributed by atoms with van der Waals surface area (Å²) in [7, 11) is 1.56. The Morgan fingerprint density at radius 3 is 2.50 bits per heavy atom. The molecule has 3 rings (SSSR count). The summed E-state index contributed by atoms with van der Waals surface area (Å²) >= 11 is 0. The number of benzene rings is 2. The SMILES string of the molecule is COc1ccc([C@]2(C)NC(=O)N(C[C@H](O)COc3cccc(C)c3)C2=O)cc1. The molecule has 0 aliphatic carbocycles. The van der Waals surface area contributed by atoms with Crippen molar-refractivity contribution >= 4 is 11.9 Å². The first-order chi connectivity index (χ1) is 13.3. The quantitative estimate of drug-likeness (QED) is 0.715. The Bertz CT molecular complexity index is 867. The van der Waals surface area contributed by atoms with Crippen molar-refractivity contribution < 1.29 is 24.2 Å². The molecule has 2 aromatic carbocycles. The number of amides is 3. The lowest BCUT2D eigenvalue weighted by molar-refractivity contribution is -0.132. The lowest BCUT2D eigenvalue weighted by Gasteiger charge is -2.23. The molecule has 0 bridgehead atoms. The number of aliphatic hydroxyl groups is 1. The van der Waals surface area contributed by atoms with Crippen molar-refractivity contribution in [2.24, 2.45) is 0 Å². The van der Waals surface area contributed by atoms with Gasteiger partial charge in [-0.2, -0.15) is 0 Å². The molecule has 7 nitrogen and oxygen atoms in total. The largest absolute Gasteiger partial charge is 0.497 e. The van der Waals surface area contributed by atoms with Crippen molar-refractivity contribution in [3.63, 3.8) is 0 Å². The van der Waals surface area contributed by atoms with Crippen molar-refractivity contribution in [3.05, 3.63) is 59.7 Å². The topological polar surface area (TPSA) is 88.1 Å². The molecule has 0 saturated carbocycles. The van der Waals surface area contributed by atoms with Crippen LogP contribution in [0.15, 0.2) is 48.5 Å². The van der Waals surface area contributed by atoms with Gasteiger partial charge >= 0.3 is 6.03 Å². The number of hydrogen-bond donors (Lipinski definition) is 2. The molecule has 28 heavy (non-hydrogen) atoms. The van der Waals surface area contributed by atoms with Crippen LogP contribution in [0.5, 0.6) is 11.5 Å². The predicted octanol–water partition coefficient (Wildman–Crippen LogP) is 2.21. The first kappa shape index (κ1) is 19.7. The molecule has 0 radical (unpaired) electrons. The number of carbonyl (C=O) groups excluding carboxylic acids is 2. The molecule has 0 unspecified atom stereocenters. The third-order valence-electron chi connectivity index (χ3n) is 4.77. The molecule has 2 atom stereocenters. The van der Waals surface area contributed by atoms with Gasteiger partial charge in [-0.3, -0.25) is 9.69 Å². The van der Waals surface area contributed by atoms with Crippen LogP contribution >= 0.6 is 0 Å². The Morgan fingerprint density at radius 2 is 1.86 bits per heavy atom. The summed E-state index contributed by atoms with van der Waals surface area (Å²) in [5.41, 5.74) is 0.483. The van der Waals surface area contributed by atoms with Crippen molar-refractivity contribution in [2.75, 3.05) is 20.3 Å². The summed E-state index contributed by atoms with van der Waals surface area (Å²) in [6.07, 6.45) is -1.01. The number of aliphatic hydroxyl groups excluding tert-OH is 1. The fourth-order valence-electron chi connectivity index (χ4n) is 3.14. The Morgan fingerprint density at radius 1 is 1.14 bits per heavy atom. The summed E-state index contributed by atoms with van der Waals surface area (Å²) in [5.74, 6) is 0.862. The van der Waals surface area contributed by atoms with E-state index in [0.717, 1.165) is 10.5 Å². The lowest BCUT2D eigenvalue weighted by atomic mass is 9.92. The molecule has 1 aliphatic heterocycles. The van der Waals surface area contributed by atoms with Gasteiger partial charge in [0.1, 0.15) is 29.7 Å². The smallest absolute Gasteiger partial charge is 0.325 e. The number of urea groups is 1. The van der Waals surface area contributed by atoms with Crippen molar-refractivity contribution in [3.8, 4) is 11.5 Å². The normalized spacial score (nSPS) is 20.1. The number of rotatable bonds is 7. The Labute approximate surface area is 163 Å². The number of ether oxygens (including phenoxy) is 2. The number of imide groups is 1. The summed E-state index contributed by atoms with van der Waals surface area (Å²) in [6, 6.07) is 13.8. The zero-order chi connectivity index (χ0) is 20.3. The average Bonchev–Trinajstić information content (AvgIpc) is 2.90. The van der Waals surface area contributed by atoms with Gasteiger partial charge in [-0.05, 0) is 49.2 Å². The second-order valence-electron chi connectivity index (χ2n) is 6.98. The van der Waals surface area contributed by atoms with E-state index in [4.69, 9.17) is 9.47 Å². The molecule has 1 saturated heterocycles. The fraction of sp³-hybridized carbons (Fsp3) is 0.333. The van der Waals surface area contributed by atoms with Gasteiger partial charge in [0.2, 0.25) is 0 Å². The van der Waals surface area contributed by atoms with Crippen molar-refractivity contribution in [1.82, 2.24) is 10.2 Å². The molecule has 3 amide bonds. The third kappa shape index (κ3) is 3.94. The van der Waals surface area contributed by atoms with Crippen LogP contribution < -0.4 is 14.8 Å². The molecule has 7 heteroatoms. The number of aryl methyl sites for hydroxylation is 1.